The van der Waals surface area contributed by atoms with Gasteiger partial charge in [0.25, 0.3) is 11.8 Å². The van der Waals surface area contributed by atoms with Gasteiger partial charge in [0.05, 0.1) is 34.7 Å². The number of esters is 2. The number of aromatic amines is 2. The lowest BCUT2D eigenvalue weighted by Crippen LogP contribution is -2.37. The molecule has 0 unspecified atom stereocenters. The Bertz CT molecular complexity index is 3140. The average molecular weight is 959 g/mol. The Morgan fingerprint density at radius 3 is 1.48 bits per heavy atom. The molecule has 0 saturated heterocycles. The molecule has 13 nitrogen and oxygen atoms in total. The third-order valence-corrected chi connectivity index (χ3v) is 12.1. The molecule has 368 valence electrons. The Hall–Kier alpha value is -7.90. The minimum Gasteiger partial charge on any atom is -0.508 e. The number of aromatic nitrogens is 2. The molecule has 0 spiro atoms. The van der Waals surface area contributed by atoms with Crippen LogP contribution in [0.2, 0.25) is 0 Å². The Morgan fingerprint density at radius 1 is 0.577 bits per heavy atom. The minimum absolute atomic E-state index is 0.0135. The summed E-state index contributed by atoms with van der Waals surface area (Å²) in [5.41, 5.74) is 6.79. The number of aromatic hydroxyl groups is 1. The molecule has 2 aliphatic rings. The van der Waals surface area contributed by atoms with E-state index in [1.807, 2.05) is 105 Å². The molecule has 2 aliphatic heterocycles. The number of hydrogen-bond acceptors (Lipinski definition) is 9. The Kier molecular flexibility index (Phi) is 15.4. The van der Waals surface area contributed by atoms with E-state index in [4.69, 9.17) is 19.3 Å². The number of phenols is 1. The number of nitrogens with one attached hydrogen (secondary N) is 2. The average Bonchev–Trinajstić information content (AvgIpc) is 3.88. The van der Waals surface area contributed by atoms with Crippen LogP contribution >= 0.6 is 0 Å². The monoisotopic (exact) mass is 958 g/mol. The van der Waals surface area contributed by atoms with Gasteiger partial charge in [-0.25, -0.2) is 9.59 Å². The lowest BCUT2D eigenvalue weighted by Gasteiger charge is -2.29. The van der Waals surface area contributed by atoms with Crippen molar-refractivity contribution >= 4 is 56.7 Å². The second-order valence-corrected chi connectivity index (χ2v) is 19.3. The molecule has 9 rings (SSSR count). The van der Waals surface area contributed by atoms with Gasteiger partial charge in [-0.2, -0.15) is 0 Å². The van der Waals surface area contributed by atoms with E-state index in [1.54, 1.807) is 55.4 Å². The predicted octanol–water partition coefficient (Wildman–Crippen LogP) is 10.7. The zero-order valence-corrected chi connectivity index (χ0v) is 41.7. The van der Waals surface area contributed by atoms with Gasteiger partial charge in [0.2, 0.25) is 0 Å². The molecular weight excluding hydrogens is 897 g/mol. The third-order valence-electron chi connectivity index (χ3n) is 12.1. The van der Waals surface area contributed by atoms with Crippen LogP contribution in [0, 0.1) is 0 Å². The summed E-state index contributed by atoms with van der Waals surface area (Å²) in [4.78, 5) is 63.6. The maximum absolute atomic E-state index is 13.9. The summed E-state index contributed by atoms with van der Waals surface area (Å²) in [6.45, 7) is 16.7. The molecule has 7 aromatic rings. The molecule has 0 radical (unpaired) electrons. The first kappa shape index (κ1) is 51.0. The van der Waals surface area contributed by atoms with Crippen molar-refractivity contribution in [1.29, 1.82) is 0 Å². The van der Waals surface area contributed by atoms with Gasteiger partial charge in [-0.3, -0.25) is 9.59 Å². The van der Waals surface area contributed by atoms with Crippen molar-refractivity contribution in [2.24, 2.45) is 0 Å². The van der Waals surface area contributed by atoms with Crippen molar-refractivity contribution in [3.63, 3.8) is 0 Å². The number of rotatable bonds is 9. The molecule has 2 amide bonds. The van der Waals surface area contributed by atoms with E-state index >= 15 is 0 Å². The lowest BCUT2D eigenvalue weighted by molar-refractivity contribution is -0.141. The quantitative estimate of drug-likeness (QED) is 0.103. The highest BCUT2D eigenvalue weighted by Gasteiger charge is 2.39. The highest BCUT2D eigenvalue weighted by molar-refractivity contribution is 6.19. The summed E-state index contributed by atoms with van der Waals surface area (Å²) in [5.74, 6) is -0.855. The number of aliphatic hydroxyl groups excluding tert-OH is 1. The van der Waals surface area contributed by atoms with E-state index in [9.17, 15) is 24.3 Å². The fraction of sp³-hybridized carbons (Fsp3) is 0.276. The zero-order chi connectivity index (χ0) is 51.2. The van der Waals surface area contributed by atoms with Crippen molar-refractivity contribution < 1.29 is 43.6 Å². The number of ether oxygens (including phenoxy) is 3. The predicted molar refractivity (Wildman–Crippen MR) is 277 cm³/mol. The normalized spacial score (nSPS) is 14.6. The van der Waals surface area contributed by atoms with E-state index in [2.05, 4.69) is 37.7 Å². The summed E-state index contributed by atoms with van der Waals surface area (Å²) < 4.78 is 17.1. The van der Waals surface area contributed by atoms with Crippen LogP contribution in [0.5, 0.6) is 11.5 Å². The number of phenolic OH excluding ortho intramolecular Hbond substituents is 1. The molecule has 0 atom stereocenters. The van der Waals surface area contributed by atoms with Gasteiger partial charge in [-0.1, -0.05) is 107 Å². The molecular formula is C58H62N4O9. The van der Waals surface area contributed by atoms with Crippen molar-refractivity contribution in [2.45, 2.75) is 85.0 Å². The first-order chi connectivity index (χ1) is 33.9. The number of aliphatic hydroxyl groups is 1. The summed E-state index contributed by atoms with van der Waals surface area (Å²) >= 11 is 0. The van der Waals surface area contributed by atoms with Crippen molar-refractivity contribution in [3.8, 4) is 11.5 Å². The van der Waals surface area contributed by atoms with Gasteiger partial charge < -0.3 is 44.2 Å². The van der Waals surface area contributed by atoms with E-state index in [-0.39, 0.29) is 29.8 Å². The number of amides is 2. The molecule has 13 heteroatoms. The minimum atomic E-state index is -0.491. The van der Waals surface area contributed by atoms with Crippen molar-refractivity contribution in [2.75, 3.05) is 20.2 Å². The van der Waals surface area contributed by atoms with Crippen LogP contribution in [0.15, 0.2) is 140 Å². The Morgan fingerprint density at radius 2 is 1.01 bits per heavy atom. The standard InChI is InChI=1S/C32H32N2O4.C25H26N2O4.CH4O/c1-21(2)38-31(36)26-18-34(20-32(3,4)28-25-15-8-9-16-27(25)33-29(26)28)30(35)23-13-10-14-24(17-23)37-19-22-11-6-5-7-12-22;1-15(2)31-24(30)19-13-27(23(29)16-8-7-9-17(28)12-16)14-25(3,4)21-18-10-5-6-11-20(18)26-22(19)21;1-2/h5-18,21,33H,19-20H2,1-4H3;5-13,15,26,28H,14H2,1-4H3;2H,1H3. The fourth-order valence-electron chi connectivity index (χ4n) is 9.19. The Balaban J connectivity index is 0.000000206. The molecule has 0 fully saturated rings. The summed E-state index contributed by atoms with van der Waals surface area (Å²) in [6, 6.07) is 39.1. The number of benzene rings is 5. The molecule has 71 heavy (non-hydrogen) atoms. The van der Waals surface area contributed by atoms with Crippen LogP contribution < -0.4 is 4.74 Å². The second kappa shape index (κ2) is 21.4. The summed E-state index contributed by atoms with van der Waals surface area (Å²) in [5, 5.41) is 18.9. The van der Waals surface area contributed by atoms with Crippen LogP contribution in [-0.4, -0.2) is 86.1 Å². The highest BCUT2D eigenvalue weighted by atomic mass is 16.5. The van der Waals surface area contributed by atoms with Crippen LogP contribution in [0.1, 0.15) is 104 Å². The maximum atomic E-state index is 13.9. The summed E-state index contributed by atoms with van der Waals surface area (Å²) in [6.07, 6.45) is 2.61. The number of carbonyl (C=O) groups is 4. The number of para-hydroxylation sites is 2. The number of H-pyrrole nitrogens is 2. The van der Waals surface area contributed by atoms with Gasteiger partial charge in [0.15, 0.2) is 0 Å². The largest absolute Gasteiger partial charge is 0.508 e. The van der Waals surface area contributed by atoms with Crippen LogP contribution in [0.25, 0.3) is 33.0 Å². The first-order valence-corrected chi connectivity index (χ1v) is 23.6. The van der Waals surface area contributed by atoms with Gasteiger partial charge in [0.1, 0.15) is 18.1 Å². The molecule has 0 bridgehead atoms. The molecule has 0 aliphatic carbocycles. The second-order valence-electron chi connectivity index (χ2n) is 19.3. The molecule has 4 N–H and O–H groups in total. The van der Waals surface area contributed by atoms with E-state index in [0.29, 0.717) is 59.1 Å². The molecule has 4 heterocycles. The Labute approximate surface area is 414 Å². The summed E-state index contributed by atoms with van der Waals surface area (Å²) in [7, 11) is 1.00. The first-order valence-electron chi connectivity index (χ1n) is 23.6. The molecule has 0 saturated carbocycles. The molecule has 2 aromatic heterocycles. The van der Waals surface area contributed by atoms with Gasteiger partial charge >= 0.3 is 11.9 Å². The molecule has 5 aromatic carbocycles. The SMILES string of the molecule is CC(C)OC(=O)C1=CN(C(=O)c2cccc(O)c2)CC(C)(C)c2c1[nH]c1ccccc21.CC(C)OC(=O)C1=CN(C(=O)c2cccc(OCc3ccccc3)c2)CC(C)(C)c2c1[nH]c1ccccc21.CO. The van der Waals surface area contributed by atoms with E-state index < -0.39 is 22.8 Å². The van der Waals surface area contributed by atoms with Gasteiger partial charge in [-0.15, -0.1) is 0 Å². The van der Waals surface area contributed by atoms with Crippen LogP contribution in [-0.2, 0) is 36.5 Å². The van der Waals surface area contributed by atoms with E-state index in [1.165, 1.54) is 17.0 Å². The highest BCUT2D eigenvalue weighted by Crippen LogP contribution is 2.42. The lowest BCUT2D eigenvalue weighted by atomic mass is 9.81. The van der Waals surface area contributed by atoms with Crippen LogP contribution in [0.4, 0.5) is 0 Å². The van der Waals surface area contributed by atoms with E-state index in [0.717, 1.165) is 45.6 Å². The number of fused-ring (bicyclic) bond motifs is 6. The number of carbonyl (C=O) groups excluding carboxylic acids is 4. The topological polar surface area (TPSA) is 174 Å². The van der Waals surface area contributed by atoms with Crippen molar-refractivity contribution in [1.82, 2.24) is 19.8 Å². The maximum Gasteiger partial charge on any atom is 0.342 e. The smallest absolute Gasteiger partial charge is 0.342 e. The van der Waals surface area contributed by atoms with Gasteiger partial charge in [-0.05, 0) is 92.9 Å². The van der Waals surface area contributed by atoms with Crippen LogP contribution in [0.3, 0.4) is 0 Å². The zero-order valence-electron chi connectivity index (χ0n) is 41.7. The number of hydrogen-bond donors (Lipinski definition) is 4. The van der Waals surface area contributed by atoms with Crippen molar-refractivity contribution in [3.05, 3.63) is 179 Å². The van der Waals surface area contributed by atoms with Gasteiger partial charge in [0, 0.05) is 76.4 Å². The number of nitrogens with zero attached hydrogens (tertiary/aromatic N) is 2. The fourth-order valence-corrected chi connectivity index (χ4v) is 9.19. The third kappa shape index (κ3) is 11.3.